The number of nitrogens with zero attached hydrogens (tertiary/aromatic N) is 4. The Labute approximate surface area is 182 Å². The molecule has 0 bridgehead atoms. The van der Waals surface area contributed by atoms with Gasteiger partial charge in [-0.3, -0.25) is 9.78 Å². The predicted octanol–water partition coefficient (Wildman–Crippen LogP) is 4.27. The Morgan fingerprint density at radius 3 is 2.66 bits per heavy atom. The number of benzene rings is 1. The summed E-state index contributed by atoms with van der Waals surface area (Å²) in [6.45, 7) is 5.96. The maximum atomic E-state index is 13.3. The van der Waals surface area contributed by atoms with Crippen molar-refractivity contribution in [3.63, 3.8) is 0 Å². The zero-order valence-corrected chi connectivity index (χ0v) is 17.8. The first-order chi connectivity index (χ1) is 15.1. The Hall–Kier alpha value is -3.27. The van der Waals surface area contributed by atoms with E-state index < -0.39 is 11.9 Å². The minimum atomic E-state index is -4.57. The number of nitrogens with two attached hydrogens (primary N) is 1. The van der Waals surface area contributed by atoms with Gasteiger partial charge in [0.2, 0.25) is 0 Å². The predicted molar refractivity (Wildman–Crippen MR) is 111 cm³/mol. The quantitative estimate of drug-likeness (QED) is 0.645. The molecule has 2 N–H and O–H groups in total. The molecular formula is C22H22F3N5O2. The standard InChI is InChI=1S/C22H22F3N5O2/c1-11(2)30(9-14-7-28-18(8-27-14)22(23,24)25)21(31)13-4-5-17-15(6-13)16-10-32-12(3)19(16)20(26)29-17/h4-8,11-12H,9-10H2,1-3H3,(H2,26,29)/t12-/m1/s1. The second-order valence-corrected chi connectivity index (χ2v) is 7.99. The number of pyridine rings is 1. The number of carbonyl (C=O) groups is 1. The molecule has 0 aliphatic carbocycles. The summed E-state index contributed by atoms with van der Waals surface area (Å²) in [5, 5.41) is 0.794. The van der Waals surface area contributed by atoms with Crippen molar-refractivity contribution in [2.75, 3.05) is 5.73 Å². The van der Waals surface area contributed by atoms with Crippen molar-refractivity contribution in [2.24, 2.45) is 0 Å². The monoisotopic (exact) mass is 445 g/mol. The number of carbonyl (C=O) groups excluding carboxylic acids is 1. The van der Waals surface area contributed by atoms with E-state index >= 15 is 0 Å². The van der Waals surface area contributed by atoms with Crippen LogP contribution >= 0.6 is 0 Å². The second kappa shape index (κ2) is 8.01. The van der Waals surface area contributed by atoms with Crippen LogP contribution in [-0.4, -0.2) is 31.8 Å². The summed E-state index contributed by atoms with van der Waals surface area (Å²) in [5.41, 5.74) is 8.13. The maximum absolute atomic E-state index is 13.3. The topological polar surface area (TPSA) is 94.2 Å². The van der Waals surface area contributed by atoms with E-state index in [0.717, 1.165) is 22.7 Å². The number of aromatic nitrogens is 3. The van der Waals surface area contributed by atoms with Crippen LogP contribution in [0.1, 0.15) is 59.7 Å². The van der Waals surface area contributed by atoms with Gasteiger partial charge >= 0.3 is 6.18 Å². The molecule has 0 fully saturated rings. The molecule has 0 spiro atoms. The van der Waals surface area contributed by atoms with Crippen molar-refractivity contribution < 1.29 is 22.7 Å². The number of alkyl halides is 3. The third-order valence-electron chi connectivity index (χ3n) is 5.51. The fourth-order valence-corrected chi connectivity index (χ4v) is 3.81. The van der Waals surface area contributed by atoms with E-state index in [1.165, 1.54) is 4.90 Å². The molecule has 10 heteroatoms. The van der Waals surface area contributed by atoms with Crippen molar-refractivity contribution in [3.8, 4) is 0 Å². The van der Waals surface area contributed by atoms with Crippen LogP contribution in [0.2, 0.25) is 0 Å². The minimum Gasteiger partial charge on any atom is -0.383 e. The van der Waals surface area contributed by atoms with Gasteiger partial charge in [0.1, 0.15) is 5.82 Å². The summed E-state index contributed by atoms with van der Waals surface area (Å²) < 4.78 is 43.9. The number of rotatable bonds is 4. The van der Waals surface area contributed by atoms with Gasteiger partial charge in [0.15, 0.2) is 5.69 Å². The lowest BCUT2D eigenvalue weighted by molar-refractivity contribution is -0.141. The van der Waals surface area contributed by atoms with Gasteiger partial charge in [0.05, 0.1) is 42.9 Å². The molecule has 4 rings (SSSR count). The van der Waals surface area contributed by atoms with Crippen molar-refractivity contribution >= 4 is 22.6 Å². The Morgan fingerprint density at radius 1 is 1.28 bits per heavy atom. The van der Waals surface area contributed by atoms with E-state index in [1.54, 1.807) is 18.2 Å². The second-order valence-electron chi connectivity index (χ2n) is 7.99. The van der Waals surface area contributed by atoms with E-state index in [2.05, 4.69) is 15.0 Å². The highest BCUT2D eigenvalue weighted by Gasteiger charge is 2.33. The molecular weight excluding hydrogens is 423 g/mol. The zero-order valence-electron chi connectivity index (χ0n) is 17.8. The van der Waals surface area contributed by atoms with Crippen molar-refractivity contribution in [3.05, 3.63) is 58.7 Å². The van der Waals surface area contributed by atoms with E-state index in [4.69, 9.17) is 10.5 Å². The number of fused-ring (bicyclic) bond motifs is 3. The molecule has 0 radical (unpaired) electrons. The normalized spacial score (nSPS) is 15.9. The third kappa shape index (κ3) is 3.97. The van der Waals surface area contributed by atoms with Crippen molar-refractivity contribution in [2.45, 2.75) is 52.2 Å². The lowest BCUT2D eigenvalue weighted by atomic mass is 10.00. The zero-order chi connectivity index (χ0) is 23.2. The van der Waals surface area contributed by atoms with E-state index in [-0.39, 0.29) is 30.3 Å². The summed E-state index contributed by atoms with van der Waals surface area (Å²) in [6.07, 6.45) is -3.02. The lowest BCUT2D eigenvalue weighted by Gasteiger charge is -2.26. The first-order valence-corrected chi connectivity index (χ1v) is 10.1. The number of halogens is 3. The van der Waals surface area contributed by atoms with E-state index in [1.807, 2.05) is 20.8 Å². The lowest BCUT2D eigenvalue weighted by Crippen LogP contribution is -2.36. The number of hydrogen-bond acceptors (Lipinski definition) is 6. The summed E-state index contributed by atoms with van der Waals surface area (Å²) in [6, 6.07) is 4.94. The SMILES string of the molecule is CC(C)N(Cc1cnc(C(F)(F)F)cn1)C(=O)c1ccc2nc(N)c3c(c2c1)CO[C@@H]3C. The van der Waals surface area contributed by atoms with Crippen LogP contribution < -0.4 is 5.73 Å². The minimum absolute atomic E-state index is 0.0257. The largest absolute Gasteiger partial charge is 0.434 e. The number of anilines is 1. The van der Waals surface area contributed by atoms with Gasteiger partial charge in [-0.05, 0) is 44.5 Å². The molecule has 1 aliphatic heterocycles. The first-order valence-electron chi connectivity index (χ1n) is 10.1. The number of nitrogen functional groups attached to an aromatic ring is 1. The third-order valence-corrected chi connectivity index (χ3v) is 5.51. The van der Waals surface area contributed by atoms with Crippen LogP contribution in [0.4, 0.5) is 19.0 Å². The number of amides is 1. The molecule has 3 aromatic rings. The molecule has 32 heavy (non-hydrogen) atoms. The van der Waals surface area contributed by atoms with Gasteiger partial charge < -0.3 is 15.4 Å². The van der Waals surface area contributed by atoms with Crippen LogP contribution in [0.5, 0.6) is 0 Å². The average Bonchev–Trinajstić information content (AvgIpc) is 3.13. The number of ether oxygens (including phenoxy) is 1. The van der Waals surface area contributed by atoms with Gasteiger partial charge in [-0.15, -0.1) is 0 Å². The van der Waals surface area contributed by atoms with Gasteiger partial charge in [-0.2, -0.15) is 13.2 Å². The molecule has 2 aromatic heterocycles. The highest BCUT2D eigenvalue weighted by molar-refractivity contribution is 5.99. The summed E-state index contributed by atoms with van der Waals surface area (Å²) >= 11 is 0. The molecule has 0 saturated carbocycles. The van der Waals surface area contributed by atoms with Gasteiger partial charge in [0, 0.05) is 22.6 Å². The summed E-state index contributed by atoms with van der Waals surface area (Å²) in [4.78, 5) is 26.6. The summed E-state index contributed by atoms with van der Waals surface area (Å²) in [5.74, 6) is 0.141. The van der Waals surface area contributed by atoms with Crippen molar-refractivity contribution in [1.82, 2.24) is 19.9 Å². The van der Waals surface area contributed by atoms with Crippen LogP contribution in [-0.2, 0) is 24.1 Å². The first kappa shape index (κ1) is 21.9. The fraction of sp³-hybridized carbons (Fsp3) is 0.364. The fourth-order valence-electron chi connectivity index (χ4n) is 3.81. The Kier molecular flexibility index (Phi) is 5.49. The van der Waals surface area contributed by atoms with E-state index in [9.17, 15) is 18.0 Å². The molecule has 168 valence electrons. The molecule has 0 unspecified atom stereocenters. The average molecular weight is 445 g/mol. The molecule has 1 aliphatic rings. The smallest absolute Gasteiger partial charge is 0.383 e. The molecule has 1 atom stereocenters. The molecule has 1 aromatic carbocycles. The Balaban J connectivity index is 1.66. The molecule has 1 amide bonds. The van der Waals surface area contributed by atoms with Crippen LogP contribution in [0, 0.1) is 0 Å². The maximum Gasteiger partial charge on any atom is 0.434 e. The van der Waals surface area contributed by atoms with Gasteiger partial charge in [-0.1, -0.05) is 0 Å². The van der Waals surface area contributed by atoms with Crippen LogP contribution in [0.15, 0.2) is 30.6 Å². The number of hydrogen-bond donors (Lipinski definition) is 1. The highest BCUT2D eigenvalue weighted by Crippen LogP contribution is 2.38. The highest BCUT2D eigenvalue weighted by atomic mass is 19.4. The summed E-state index contributed by atoms with van der Waals surface area (Å²) in [7, 11) is 0. The molecule has 7 nitrogen and oxygen atoms in total. The van der Waals surface area contributed by atoms with Crippen LogP contribution in [0.3, 0.4) is 0 Å². The molecule has 0 saturated heterocycles. The molecule has 3 heterocycles. The van der Waals surface area contributed by atoms with Crippen molar-refractivity contribution in [1.29, 1.82) is 0 Å². The van der Waals surface area contributed by atoms with E-state index in [0.29, 0.717) is 29.7 Å². The van der Waals surface area contributed by atoms with Gasteiger partial charge in [0.25, 0.3) is 5.91 Å². The van der Waals surface area contributed by atoms with Gasteiger partial charge in [-0.25, -0.2) is 9.97 Å². The van der Waals surface area contributed by atoms with Crippen LogP contribution in [0.25, 0.3) is 10.9 Å². The Bertz CT molecular complexity index is 1180. The Morgan fingerprint density at radius 2 is 2.03 bits per heavy atom.